The molecule has 2 aliphatic rings. The normalized spacial score (nSPS) is 35.4. The molecule has 0 N–H and O–H groups in total. The van der Waals surface area contributed by atoms with E-state index in [2.05, 4.69) is 11.2 Å². The fourth-order valence-corrected chi connectivity index (χ4v) is 2.84. The Morgan fingerprint density at radius 2 is 1.57 bits per heavy atom. The Hall–Kier alpha value is -0.370. The van der Waals surface area contributed by atoms with Gasteiger partial charge in [-0.3, -0.25) is 4.79 Å². The summed E-state index contributed by atoms with van der Waals surface area (Å²) in [5.41, 5.74) is 0. The summed E-state index contributed by atoms with van der Waals surface area (Å²) < 4.78 is 0. The average molecular weight is 194 g/mol. The van der Waals surface area contributed by atoms with Gasteiger partial charge in [0.15, 0.2) is 0 Å². The first-order valence-electron chi connectivity index (χ1n) is 6.02. The highest BCUT2D eigenvalue weighted by molar-refractivity contribution is 5.54. The van der Waals surface area contributed by atoms with Crippen LogP contribution >= 0.6 is 0 Å². The maximum absolute atomic E-state index is 10.5. The van der Waals surface area contributed by atoms with Gasteiger partial charge in [0.1, 0.15) is 0 Å². The number of carbonyl (C=O) groups excluding carboxylic acids is 1. The summed E-state index contributed by atoms with van der Waals surface area (Å²) in [6.45, 7) is 2.58. The van der Waals surface area contributed by atoms with Gasteiger partial charge in [-0.05, 0) is 51.6 Å². The molecule has 1 aliphatic heterocycles. The maximum Gasteiger partial charge on any atom is 0.201 e. The second kappa shape index (κ2) is 4.92. The van der Waals surface area contributed by atoms with E-state index < -0.39 is 0 Å². The predicted octanol–water partition coefficient (Wildman–Crippen LogP) is 2.14. The Morgan fingerprint density at radius 1 is 0.929 bits per heavy atom. The van der Waals surface area contributed by atoms with Gasteiger partial charge in [0, 0.05) is 12.0 Å². The van der Waals surface area contributed by atoms with Crippen molar-refractivity contribution in [2.75, 3.05) is 13.1 Å². The molecule has 0 atom stereocenters. The number of rotatable bonds is 2. The van der Waals surface area contributed by atoms with Gasteiger partial charge < -0.3 is 4.90 Å². The van der Waals surface area contributed by atoms with Crippen LogP contribution in [-0.2, 0) is 4.79 Å². The van der Waals surface area contributed by atoms with E-state index >= 15 is 0 Å². The van der Waals surface area contributed by atoms with Crippen LogP contribution in [0.5, 0.6) is 0 Å². The maximum atomic E-state index is 10.5. The van der Waals surface area contributed by atoms with Gasteiger partial charge in [-0.25, -0.2) is 0 Å². The van der Waals surface area contributed by atoms with Crippen molar-refractivity contribution < 1.29 is 4.79 Å². The lowest BCUT2D eigenvalue weighted by atomic mass is 9.85. The first-order valence-corrected chi connectivity index (χ1v) is 6.02. The summed E-state index contributed by atoms with van der Waals surface area (Å²) in [5, 5.41) is 0. The van der Waals surface area contributed by atoms with Crippen molar-refractivity contribution in [2.24, 2.45) is 5.92 Å². The fourth-order valence-electron chi connectivity index (χ4n) is 2.84. The van der Waals surface area contributed by atoms with Gasteiger partial charge in [-0.2, -0.15) is 0 Å². The minimum atomic E-state index is 0.246. The summed E-state index contributed by atoms with van der Waals surface area (Å²) in [7, 11) is 0. The molecule has 0 bridgehead atoms. The molecular formula is C12H20NO. The molecule has 0 aromatic heterocycles. The lowest BCUT2D eigenvalue weighted by molar-refractivity contribution is 0.123. The van der Waals surface area contributed by atoms with Crippen molar-refractivity contribution in [3.63, 3.8) is 0 Å². The summed E-state index contributed by atoms with van der Waals surface area (Å²) >= 11 is 0. The Labute approximate surface area is 86.7 Å². The van der Waals surface area contributed by atoms with Gasteiger partial charge >= 0.3 is 0 Å². The quantitative estimate of drug-likeness (QED) is 0.671. The van der Waals surface area contributed by atoms with Crippen molar-refractivity contribution in [3.05, 3.63) is 0 Å². The molecule has 79 valence electrons. The molecule has 1 radical (unpaired) electrons. The zero-order valence-electron chi connectivity index (χ0n) is 8.87. The third-order valence-electron chi connectivity index (χ3n) is 3.77. The van der Waals surface area contributed by atoms with Crippen LogP contribution in [0.2, 0.25) is 0 Å². The molecule has 0 amide bonds. The Bertz CT molecular complexity index is 179. The zero-order chi connectivity index (χ0) is 9.80. The van der Waals surface area contributed by atoms with E-state index in [4.69, 9.17) is 0 Å². The molecule has 2 rings (SSSR count). The van der Waals surface area contributed by atoms with Gasteiger partial charge in [0.25, 0.3) is 0 Å². The number of likely N-dealkylation sites (tertiary alicyclic amines) is 1. The molecule has 1 saturated carbocycles. The number of hydrogen-bond acceptors (Lipinski definition) is 2. The van der Waals surface area contributed by atoms with Crippen LogP contribution < -0.4 is 0 Å². The lowest BCUT2D eigenvalue weighted by Gasteiger charge is -2.37. The van der Waals surface area contributed by atoms with Gasteiger partial charge in [0.2, 0.25) is 6.29 Å². The summed E-state index contributed by atoms with van der Waals surface area (Å²) in [6.07, 6.45) is 10.9. The topological polar surface area (TPSA) is 20.3 Å². The monoisotopic (exact) mass is 194 g/mol. The molecule has 2 nitrogen and oxygen atoms in total. The number of piperidine rings is 1. The highest BCUT2D eigenvalue weighted by atomic mass is 16.1. The summed E-state index contributed by atoms with van der Waals surface area (Å²) in [4.78, 5) is 13.1. The SMILES string of the molecule is O=[C]C1CCC(N2CCCCC2)CC1. The first kappa shape index (κ1) is 10.2. The predicted molar refractivity (Wildman–Crippen MR) is 56.9 cm³/mol. The lowest BCUT2D eigenvalue weighted by Crippen LogP contribution is -2.41. The molecular weight excluding hydrogens is 174 g/mol. The Morgan fingerprint density at radius 3 is 2.14 bits per heavy atom. The van der Waals surface area contributed by atoms with E-state index in [-0.39, 0.29) is 5.92 Å². The zero-order valence-corrected chi connectivity index (χ0v) is 8.87. The number of hydrogen-bond donors (Lipinski definition) is 0. The average Bonchev–Trinajstić information content (AvgIpc) is 2.30. The Balaban J connectivity index is 1.78. The molecule has 1 saturated heterocycles. The van der Waals surface area contributed by atoms with E-state index in [1.807, 2.05) is 0 Å². The number of nitrogens with zero attached hydrogens (tertiary/aromatic N) is 1. The van der Waals surface area contributed by atoms with Crippen molar-refractivity contribution in [1.29, 1.82) is 0 Å². The molecule has 0 unspecified atom stereocenters. The molecule has 2 heteroatoms. The third kappa shape index (κ3) is 2.35. The fraction of sp³-hybridized carbons (Fsp3) is 0.917. The van der Waals surface area contributed by atoms with Crippen LogP contribution in [-0.4, -0.2) is 30.3 Å². The summed E-state index contributed by atoms with van der Waals surface area (Å²) in [6, 6.07) is 0.778. The molecule has 2 fully saturated rings. The van der Waals surface area contributed by atoms with Crippen LogP contribution in [0.4, 0.5) is 0 Å². The molecule has 0 spiro atoms. The van der Waals surface area contributed by atoms with Crippen LogP contribution in [0.15, 0.2) is 0 Å². The third-order valence-corrected chi connectivity index (χ3v) is 3.77. The highest BCUT2D eigenvalue weighted by Crippen LogP contribution is 2.27. The van der Waals surface area contributed by atoms with E-state index in [1.165, 1.54) is 45.2 Å². The molecule has 14 heavy (non-hydrogen) atoms. The van der Waals surface area contributed by atoms with Crippen LogP contribution in [0.1, 0.15) is 44.9 Å². The minimum Gasteiger partial charge on any atom is -0.300 e. The molecule has 1 aliphatic carbocycles. The largest absolute Gasteiger partial charge is 0.300 e. The van der Waals surface area contributed by atoms with E-state index in [1.54, 1.807) is 0 Å². The molecule has 0 aromatic rings. The summed E-state index contributed by atoms with van der Waals surface area (Å²) in [5.74, 6) is 0.246. The Kier molecular flexibility index (Phi) is 3.57. The van der Waals surface area contributed by atoms with Crippen molar-refractivity contribution in [3.8, 4) is 0 Å². The highest BCUT2D eigenvalue weighted by Gasteiger charge is 2.26. The first-order chi connectivity index (χ1) is 6.90. The second-order valence-electron chi connectivity index (χ2n) is 4.72. The standard InChI is InChI=1S/C12H20NO/c14-10-11-4-6-12(7-5-11)13-8-2-1-3-9-13/h11-12H,1-9H2. The van der Waals surface area contributed by atoms with E-state index in [9.17, 15) is 4.79 Å². The van der Waals surface area contributed by atoms with Crippen molar-refractivity contribution in [2.45, 2.75) is 51.0 Å². The molecule has 0 aromatic carbocycles. The van der Waals surface area contributed by atoms with Crippen molar-refractivity contribution in [1.82, 2.24) is 4.90 Å². The van der Waals surface area contributed by atoms with E-state index in [0.717, 1.165) is 18.9 Å². The van der Waals surface area contributed by atoms with Crippen LogP contribution in [0.3, 0.4) is 0 Å². The van der Waals surface area contributed by atoms with Gasteiger partial charge in [0.05, 0.1) is 0 Å². The van der Waals surface area contributed by atoms with Crippen LogP contribution in [0.25, 0.3) is 0 Å². The van der Waals surface area contributed by atoms with E-state index in [0.29, 0.717) is 0 Å². The second-order valence-corrected chi connectivity index (χ2v) is 4.72. The van der Waals surface area contributed by atoms with Gasteiger partial charge in [-0.1, -0.05) is 6.42 Å². The van der Waals surface area contributed by atoms with Gasteiger partial charge in [-0.15, -0.1) is 0 Å². The van der Waals surface area contributed by atoms with Crippen LogP contribution in [0, 0.1) is 5.92 Å². The van der Waals surface area contributed by atoms with Crippen molar-refractivity contribution >= 4 is 6.29 Å². The minimum absolute atomic E-state index is 0.246. The molecule has 1 heterocycles. The smallest absolute Gasteiger partial charge is 0.201 e.